The first kappa shape index (κ1) is 54.1. The van der Waals surface area contributed by atoms with Crippen molar-refractivity contribution in [2.75, 3.05) is 31.4 Å². The lowest BCUT2D eigenvalue weighted by atomic mass is 9.82. The largest absolute Gasteiger partial charge is 0.494 e. The van der Waals surface area contributed by atoms with Crippen molar-refractivity contribution in [1.82, 2.24) is 4.98 Å². The van der Waals surface area contributed by atoms with Crippen LogP contribution in [0.1, 0.15) is 88.2 Å². The molecule has 0 saturated heterocycles. The third kappa shape index (κ3) is 16.2. The number of carbonyl (C=O) groups is 6. The van der Waals surface area contributed by atoms with E-state index in [1.165, 1.54) is 17.6 Å². The summed E-state index contributed by atoms with van der Waals surface area (Å²) in [6, 6.07) is 26.4. The van der Waals surface area contributed by atoms with Crippen molar-refractivity contribution >= 4 is 68.7 Å². The van der Waals surface area contributed by atoms with Gasteiger partial charge in [-0.2, -0.15) is 5.10 Å². The fourth-order valence-electron chi connectivity index (χ4n) is 8.49. The van der Waals surface area contributed by atoms with E-state index in [4.69, 9.17) is 43.2 Å². The number of anilines is 1. The van der Waals surface area contributed by atoms with Crippen LogP contribution >= 0.6 is 11.3 Å². The standard InChI is InChI=1S/C57H61N3O13S/c1-4-51(61)68-34-11-7-6-10-33-67-44-26-28-46(29-27-44)71-54(64)39-16-18-41(19-17-39)55(65)72-47-30-31-49(73-56(66)42-22-20-40(21-23-42)53(63)70-45-24-14-38(3)15-25-45)43(36-47)37-58-60(32-35-69-52(62)5-2)57-59-48-12-8-9-13-50(48)74-57/h4-5,8-9,12-15,24-31,36-37,39-42H,1-2,6-7,10-11,16-23,32-35H2,3H3/b58-37+/t39-,40-,41-,42-. The van der Waals surface area contributed by atoms with Crippen LogP contribution in [0.15, 0.2) is 121 Å². The highest BCUT2D eigenvalue weighted by Gasteiger charge is 2.34. The monoisotopic (exact) mass is 1030 g/mol. The first-order valence-electron chi connectivity index (χ1n) is 25.0. The summed E-state index contributed by atoms with van der Waals surface area (Å²) in [6.45, 7) is 9.78. The van der Waals surface area contributed by atoms with E-state index in [9.17, 15) is 28.8 Å². The van der Waals surface area contributed by atoms with Gasteiger partial charge in [0.1, 0.15) is 35.4 Å². The molecule has 7 rings (SSSR count). The van der Waals surface area contributed by atoms with E-state index >= 15 is 0 Å². The zero-order chi connectivity index (χ0) is 52.2. The Kier molecular flexibility index (Phi) is 20.0. The topological polar surface area (TPSA) is 196 Å². The van der Waals surface area contributed by atoms with Gasteiger partial charge in [0.25, 0.3) is 0 Å². The number of hydrogen-bond donors (Lipinski definition) is 0. The zero-order valence-electron chi connectivity index (χ0n) is 41.5. The Hall–Kier alpha value is -7.66. The first-order valence-corrected chi connectivity index (χ1v) is 25.8. The summed E-state index contributed by atoms with van der Waals surface area (Å²) in [5, 5.41) is 6.81. The molecular weight excluding hydrogens is 967 g/mol. The van der Waals surface area contributed by atoms with Crippen molar-refractivity contribution in [3.63, 3.8) is 0 Å². The van der Waals surface area contributed by atoms with Gasteiger partial charge in [0.2, 0.25) is 5.13 Å². The van der Waals surface area contributed by atoms with Crippen LogP contribution in [-0.2, 0) is 38.2 Å². The molecule has 4 aromatic carbocycles. The Balaban J connectivity index is 0.957. The smallest absolute Gasteiger partial charge is 0.330 e. The van der Waals surface area contributed by atoms with Crippen molar-refractivity contribution in [2.45, 2.75) is 84.0 Å². The predicted octanol–water partition coefficient (Wildman–Crippen LogP) is 10.5. The second kappa shape index (κ2) is 27.4. The summed E-state index contributed by atoms with van der Waals surface area (Å²) < 4.78 is 40.3. The maximum absolute atomic E-state index is 13.8. The van der Waals surface area contributed by atoms with Gasteiger partial charge >= 0.3 is 35.8 Å². The van der Waals surface area contributed by atoms with E-state index < -0.39 is 41.6 Å². The summed E-state index contributed by atoms with van der Waals surface area (Å²) in [6.07, 6.45) is 10.6. The molecule has 0 N–H and O–H groups in total. The molecule has 0 aliphatic heterocycles. The van der Waals surface area contributed by atoms with Gasteiger partial charge < -0.3 is 33.2 Å². The Morgan fingerprint density at radius 1 is 0.595 bits per heavy atom. The molecule has 0 spiro atoms. The van der Waals surface area contributed by atoms with Gasteiger partial charge in [0.15, 0.2) is 0 Å². The number of thiazole rings is 1. The van der Waals surface area contributed by atoms with Crippen LogP contribution < -0.4 is 28.7 Å². The number of aryl methyl sites for hydroxylation is 1. The summed E-state index contributed by atoms with van der Waals surface area (Å²) in [5.74, 6) is -2.47. The Bertz CT molecular complexity index is 2740. The third-order valence-electron chi connectivity index (χ3n) is 12.8. The number of para-hydroxylation sites is 1. The number of hydrazone groups is 1. The molecule has 0 bridgehead atoms. The number of aromatic nitrogens is 1. The minimum Gasteiger partial charge on any atom is -0.494 e. The van der Waals surface area contributed by atoms with E-state index in [2.05, 4.69) is 13.2 Å². The second-order valence-electron chi connectivity index (χ2n) is 18.1. The molecule has 388 valence electrons. The lowest BCUT2D eigenvalue weighted by molar-refractivity contribution is -0.145. The van der Waals surface area contributed by atoms with Crippen LogP contribution in [0.5, 0.6) is 28.7 Å². The number of hydrogen-bond acceptors (Lipinski definition) is 17. The minimum absolute atomic E-state index is 0.0374. The molecule has 5 aromatic rings. The highest BCUT2D eigenvalue weighted by Crippen LogP contribution is 2.35. The Morgan fingerprint density at radius 2 is 1.08 bits per heavy atom. The van der Waals surface area contributed by atoms with E-state index in [0.717, 1.165) is 53.6 Å². The van der Waals surface area contributed by atoms with Crippen molar-refractivity contribution in [3.8, 4) is 28.7 Å². The van der Waals surface area contributed by atoms with Crippen molar-refractivity contribution in [1.29, 1.82) is 0 Å². The SMILES string of the molecule is C=CC(=O)OCCCCCCOc1ccc(OC(=O)[C@H]2CC[C@H](C(=O)Oc3ccc(OC(=O)[C@H]4CC[C@H](C(=O)Oc5ccc(C)cc5)CC4)c(/C=N/N(CCOC(=O)C=C)c4nc5ccccc5s4)c3)CC2)cc1. The Morgan fingerprint density at radius 3 is 1.65 bits per heavy atom. The molecule has 0 unspecified atom stereocenters. The average Bonchev–Trinajstić information content (AvgIpc) is 3.86. The van der Waals surface area contributed by atoms with Crippen molar-refractivity contribution < 1.29 is 61.9 Å². The number of unbranched alkanes of at least 4 members (excludes halogenated alkanes) is 3. The second-order valence-corrected chi connectivity index (χ2v) is 19.1. The molecule has 0 amide bonds. The fourth-order valence-corrected chi connectivity index (χ4v) is 9.44. The summed E-state index contributed by atoms with van der Waals surface area (Å²) in [4.78, 5) is 81.4. The van der Waals surface area contributed by atoms with Crippen molar-refractivity contribution in [3.05, 3.63) is 127 Å². The highest BCUT2D eigenvalue weighted by molar-refractivity contribution is 7.22. The zero-order valence-corrected chi connectivity index (χ0v) is 42.3. The normalized spacial score (nSPS) is 17.4. The van der Waals surface area contributed by atoms with E-state index in [1.807, 2.05) is 43.3 Å². The number of carbonyl (C=O) groups excluding carboxylic acids is 6. The van der Waals surface area contributed by atoms with Crippen molar-refractivity contribution in [2.24, 2.45) is 28.8 Å². The number of nitrogens with zero attached hydrogens (tertiary/aromatic N) is 3. The quantitative estimate of drug-likeness (QED) is 0.0141. The number of fused-ring (bicyclic) bond motifs is 1. The van der Waals surface area contributed by atoms with Crippen LogP contribution in [0, 0.1) is 30.6 Å². The number of esters is 6. The van der Waals surface area contributed by atoms with E-state index in [-0.39, 0.29) is 42.5 Å². The van der Waals surface area contributed by atoms with Crippen LogP contribution in [0.2, 0.25) is 0 Å². The number of ether oxygens (including phenoxy) is 7. The summed E-state index contributed by atoms with van der Waals surface area (Å²) in [7, 11) is 0. The fraction of sp³-hybridized carbons (Fsp3) is 0.368. The average molecular weight is 1030 g/mol. The molecule has 2 aliphatic carbocycles. The van der Waals surface area contributed by atoms with Gasteiger partial charge in [0, 0.05) is 17.7 Å². The lowest BCUT2D eigenvalue weighted by Gasteiger charge is -2.26. The van der Waals surface area contributed by atoms with Gasteiger partial charge in [-0.1, -0.05) is 54.3 Å². The number of rotatable bonds is 24. The number of benzene rings is 4. The molecule has 2 aliphatic rings. The molecule has 0 radical (unpaired) electrons. The predicted molar refractivity (Wildman–Crippen MR) is 278 cm³/mol. The molecule has 17 heteroatoms. The van der Waals surface area contributed by atoms with Crippen LogP contribution in [0.4, 0.5) is 5.13 Å². The van der Waals surface area contributed by atoms with Crippen LogP contribution in [0.25, 0.3) is 10.2 Å². The van der Waals surface area contributed by atoms with Gasteiger partial charge in [-0.3, -0.25) is 19.2 Å². The molecule has 16 nitrogen and oxygen atoms in total. The van der Waals surface area contributed by atoms with Gasteiger partial charge in [-0.25, -0.2) is 19.6 Å². The first-order chi connectivity index (χ1) is 35.9. The molecule has 74 heavy (non-hydrogen) atoms. The molecule has 0 atom stereocenters. The molecule has 2 saturated carbocycles. The maximum atomic E-state index is 13.8. The molecule has 2 fully saturated rings. The third-order valence-corrected chi connectivity index (χ3v) is 13.8. The van der Waals surface area contributed by atoms with Gasteiger partial charge in [-0.05, 0) is 151 Å². The molecule has 1 aromatic heterocycles. The van der Waals surface area contributed by atoms with Crippen LogP contribution in [0.3, 0.4) is 0 Å². The molecule has 1 heterocycles. The van der Waals surface area contributed by atoms with E-state index in [1.54, 1.807) is 59.6 Å². The van der Waals surface area contributed by atoms with Gasteiger partial charge in [0.05, 0.1) is 59.9 Å². The lowest BCUT2D eigenvalue weighted by Crippen LogP contribution is -2.30. The summed E-state index contributed by atoms with van der Waals surface area (Å²) in [5.41, 5.74) is 2.12. The maximum Gasteiger partial charge on any atom is 0.330 e. The highest BCUT2D eigenvalue weighted by atomic mass is 32.1. The van der Waals surface area contributed by atoms with E-state index in [0.29, 0.717) is 92.5 Å². The minimum atomic E-state index is -0.594. The van der Waals surface area contributed by atoms with Gasteiger partial charge in [-0.15, -0.1) is 0 Å². The summed E-state index contributed by atoms with van der Waals surface area (Å²) >= 11 is 1.39. The van der Waals surface area contributed by atoms with Crippen LogP contribution in [-0.4, -0.2) is 73.4 Å². The Labute approximate surface area is 434 Å². The molecular formula is C57H61N3O13S.